The van der Waals surface area contributed by atoms with E-state index < -0.39 is 30.0 Å². The quantitative estimate of drug-likeness (QED) is 0.399. The molecule has 1 unspecified atom stereocenters. The summed E-state index contributed by atoms with van der Waals surface area (Å²) < 4.78 is 58.4. The molecule has 11 heteroatoms. The van der Waals surface area contributed by atoms with E-state index in [9.17, 15) is 22.4 Å². The van der Waals surface area contributed by atoms with E-state index in [1.54, 1.807) is 36.4 Å². The Bertz CT molecular complexity index is 1220. The predicted molar refractivity (Wildman–Crippen MR) is 131 cm³/mol. The zero-order valence-electron chi connectivity index (χ0n) is 20.6. The fourth-order valence-electron chi connectivity index (χ4n) is 4.88. The van der Waals surface area contributed by atoms with Gasteiger partial charge in [-0.25, -0.2) is 9.98 Å². The van der Waals surface area contributed by atoms with Crippen molar-refractivity contribution in [2.45, 2.75) is 31.5 Å². The number of nitrogens with two attached hydrogens (primary N) is 1. The van der Waals surface area contributed by atoms with Gasteiger partial charge < -0.3 is 15.4 Å². The minimum atomic E-state index is -4.25. The van der Waals surface area contributed by atoms with Gasteiger partial charge in [-0.15, -0.1) is 0 Å². The molecule has 198 valence electrons. The molecule has 0 aliphatic carbocycles. The van der Waals surface area contributed by atoms with Gasteiger partial charge in [0, 0.05) is 56.5 Å². The van der Waals surface area contributed by atoms with Crippen molar-refractivity contribution in [3.05, 3.63) is 65.9 Å². The molecule has 1 aromatic heterocycles. The zero-order chi connectivity index (χ0) is 26.8. The fourth-order valence-corrected chi connectivity index (χ4v) is 4.88. The standard InChI is InChI=1S/C26H29F4N5O2/c1-3-37-16-20-14-19(15-35(20)12-6-10-25(28,29)30)26(23(36)34(2)24(31)33-26)18-8-4-7-17(13-18)21-9-5-11-32-22(21)27/h4-5,7-9,11,13-14,19H,3,6,10,12,15-16H2,1-2H3,(H2,31,33)/t19?,26-/m0/s1. The summed E-state index contributed by atoms with van der Waals surface area (Å²) in [6, 6.07) is 10.0. The van der Waals surface area contributed by atoms with Crippen molar-refractivity contribution in [1.82, 2.24) is 14.8 Å². The second-order valence-corrected chi connectivity index (χ2v) is 9.09. The Kier molecular flexibility index (Phi) is 7.54. The predicted octanol–water partition coefficient (Wildman–Crippen LogP) is 4.06. The molecule has 1 amide bonds. The van der Waals surface area contributed by atoms with E-state index in [4.69, 9.17) is 10.5 Å². The number of pyridine rings is 1. The lowest BCUT2D eigenvalue weighted by Crippen LogP contribution is -2.46. The molecule has 0 fully saturated rings. The van der Waals surface area contributed by atoms with Crippen LogP contribution in [0.4, 0.5) is 17.6 Å². The van der Waals surface area contributed by atoms with Crippen LogP contribution in [0, 0.1) is 11.9 Å². The molecule has 2 aliphatic rings. The third-order valence-corrected chi connectivity index (χ3v) is 6.73. The van der Waals surface area contributed by atoms with Crippen LogP contribution in [-0.2, 0) is 15.1 Å². The lowest BCUT2D eigenvalue weighted by atomic mass is 9.77. The van der Waals surface area contributed by atoms with Crippen molar-refractivity contribution in [2.24, 2.45) is 16.6 Å². The van der Waals surface area contributed by atoms with Crippen molar-refractivity contribution in [3.8, 4) is 11.1 Å². The summed E-state index contributed by atoms with van der Waals surface area (Å²) >= 11 is 0. The third-order valence-electron chi connectivity index (χ3n) is 6.73. The van der Waals surface area contributed by atoms with Gasteiger partial charge in [-0.05, 0) is 42.7 Å². The van der Waals surface area contributed by atoms with Crippen LogP contribution >= 0.6 is 0 Å². The van der Waals surface area contributed by atoms with Crippen LogP contribution in [0.3, 0.4) is 0 Å². The number of benzene rings is 1. The number of alkyl halides is 3. The number of nitrogens with zero attached hydrogens (tertiary/aromatic N) is 4. The number of likely N-dealkylation sites (N-methyl/N-ethyl adjacent to an activating group) is 1. The topological polar surface area (TPSA) is 84.0 Å². The molecule has 0 radical (unpaired) electrons. The number of rotatable bonds is 9. The van der Waals surface area contributed by atoms with Crippen LogP contribution in [0.25, 0.3) is 11.1 Å². The molecule has 2 atom stereocenters. The van der Waals surface area contributed by atoms with E-state index in [0.29, 0.717) is 23.4 Å². The first-order valence-electron chi connectivity index (χ1n) is 12.0. The van der Waals surface area contributed by atoms with Crippen LogP contribution in [-0.4, -0.2) is 66.2 Å². The molecule has 2 aromatic rings. The van der Waals surface area contributed by atoms with E-state index in [-0.39, 0.29) is 43.5 Å². The highest BCUT2D eigenvalue weighted by molar-refractivity contribution is 6.07. The number of amides is 1. The van der Waals surface area contributed by atoms with Crippen LogP contribution in [0.1, 0.15) is 25.3 Å². The van der Waals surface area contributed by atoms with E-state index >= 15 is 0 Å². The van der Waals surface area contributed by atoms with Gasteiger partial charge in [-0.1, -0.05) is 24.3 Å². The normalized spacial score (nSPS) is 22.0. The van der Waals surface area contributed by atoms with Gasteiger partial charge in [0.2, 0.25) is 5.95 Å². The molecule has 3 heterocycles. The highest BCUT2D eigenvalue weighted by Gasteiger charge is 2.54. The monoisotopic (exact) mass is 519 g/mol. The number of guanidine groups is 1. The van der Waals surface area contributed by atoms with Crippen molar-refractivity contribution >= 4 is 11.9 Å². The molecular formula is C26H29F4N5O2. The number of halogens is 4. The summed E-state index contributed by atoms with van der Waals surface area (Å²) in [5.74, 6) is -1.54. The molecule has 7 nitrogen and oxygen atoms in total. The van der Waals surface area contributed by atoms with E-state index in [2.05, 4.69) is 9.98 Å². The summed E-state index contributed by atoms with van der Waals surface area (Å²) in [6.07, 6.45) is -2.07. The van der Waals surface area contributed by atoms with E-state index in [1.165, 1.54) is 18.1 Å². The van der Waals surface area contributed by atoms with Gasteiger partial charge in [-0.3, -0.25) is 9.69 Å². The van der Waals surface area contributed by atoms with E-state index in [1.807, 2.05) is 17.9 Å². The highest BCUT2D eigenvalue weighted by Crippen LogP contribution is 2.45. The minimum absolute atomic E-state index is 0.0261. The lowest BCUT2D eigenvalue weighted by Gasteiger charge is -2.32. The number of carbonyl (C=O) groups excluding carboxylic acids is 1. The summed E-state index contributed by atoms with van der Waals surface area (Å²) in [6.45, 7) is 2.84. The maximum Gasteiger partial charge on any atom is 0.389 e. The number of hydrogen-bond donors (Lipinski definition) is 1. The SMILES string of the molecule is CCOCC1=CC([C@]2(c3cccc(-c4cccnc4F)c3)N=C(N)N(C)C2=O)CN1CCCC(F)(F)F. The Morgan fingerprint density at radius 3 is 2.68 bits per heavy atom. The van der Waals surface area contributed by atoms with E-state index in [0.717, 1.165) is 0 Å². The summed E-state index contributed by atoms with van der Waals surface area (Å²) in [5, 5.41) is 0. The maximum absolute atomic E-state index is 14.5. The zero-order valence-corrected chi connectivity index (χ0v) is 20.6. The van der Waals surface area contributed by atoms with Crippen LogP contribution in [0.5, 0.6) is 0 Å². The fraction of sp³-hybridized carbons (Fsp3) is 0.423. The number of carbonyl (C=O) groups is 1. The molecular weight excluding hydrogens is 490 g/mol. The highest BCUT2D eigenvalue weighted by atomic mass is 19.4. The minimum Gasteiger partial charge on any atom is -0.376 e. The average Bonchev–Trinajstić information content (AvgIpc) is 3.37. The molecule has 0 saturated heterocycles. The van der Waals surface area contributed by atoms with Gasteiger partial charge in [0.15, 0.2) is 11.5 Å². The summed E-state index contributed by atoms with van der Waals surface area (Å²) in [4.78, 5) is 25.1. The average molecular weight is 520 g/mol. The molecule has 0 bridgehead atoms. The summed E-state index contributed by atoms with van der Waals surface area (Å²) in [7, 11) is 1.52. The van der Waals surface area contributed by atoms with Gasteiger partial charge in [-0.2, -0.15) is 17.6 Å². The van der Waals surface area contributed by atoms with Crippen molar-refractivity contribution in [3.63, 3.8) is 0 Å². The van der Waals surface area contributed by atoms with Crippen LogP contribution in [0.15, 0.2) is 59.4 Å². The Labute approximate surface area is 212 Å². The molecule has 2 aliphatic heterocycles. The molecule has 0 spiro atoms. The summed E-state index contributed by atoms with van der Waals surface area (Å²) in [5.41, 5.74) is 6.60. The third kappa shape index (κ3) is 5.31. The second-order valence-electron chi connectivity index (χ2n) is 9.09. The Morgan fingerprint density at radius 2 is 2.03 bits per heavy atom. The largest absolute Gasteiger partial charge is 0.389 e. The molecule has 0 saturated carbocycles. The van der Waals surface area contributed by atoms with Gasteiger partial charge in [0.25, 0.3) is 5.91 Å². The number of aliphatic imine (C=N–C) groups is 1. The van der Waals surface area contributed by atoms with Gasteiger partial charge in [0.05, 0.1) is 6.61 Å². The van der Waals surface area contributed by atoms with Gasteiger partial charge >= 0.3 is 6.18 Å². The lowest BCUT2D eigenvalue weighted by molar-refractivity contribution is -0.136. The number of aromatic nitrogens is 1. The first-order valence-corrected chi connectivity index (χ1v) is 12.0. The van der Waals surface area contributed by atoms with Gasteiger partial charge in [0.1, 0.15) is 0 Å². The number of hydrogen-bond acceptors (Lipinski definition) is 6. The Morgan fingerprint density at radius 1 is 1.24 bits per heavy atom. The van der Waals surface area contributed by atoms with Crippen molar-refractivity contribution in [1.29, 1.82) is 0 Å². The van der Waals surface area contributed by atoms with Crippen LogP contribution in [0.2, 0.25) is 0 Å². The maximum atomic E-state index is 14.5. The molecule has 37 heavy (non-hydrogen) atoms. The van der Waals surface area contributed by atoms with Crippen molar-refractivity contribution < 1.29 is 27.1 Å². The molecule has 1 aromatic carbocycles. The smallest absolute Gasteiger partial charge is 0.376 e. The first kappa shape index (κ1) is 26.6. The first-order chi connectivity index (χ1) is 17.6. The Balaban J connectivity index is 1.74. The van der Waals surface area contributed by atoms with Crippen LogP contribution < -0.4 is 5.73 Å². The Hall–Kier alpha value is -3.47. The van der Waals surface area contributed by atoms with Crippen molar-refractivity contribution in [2.75, 3.05) is 33.4 Å². The number of ether oxygens (including phenoxy) is 1. The second kappa shape index (κ2) is 10.5. The molecule has 4 rings (SSSR count). The molecule has 2 N–H and O–H groups in total.